The molecule has 0 N–H and O–H groups in total. The SMILES string of the molecule is COc1ccc(-c2c(-c3nc4ccccc4n4cccc34)oc3cc(OC)c(OCc4ccccc4)cc23)cc1. The zero-order chi connectivity index (χ0) is 27.1. The van der Waals surface area contributed by atoms with Gasteiger partial charge in [-0.25, -0.2) is 4.98 Å². The molecule has 0 amide bonds. The molecule has 0 aliphatic rings. The normalized spacial score (nSPS) is 11.3. The van der Waals surface area contributed by atoms with Crippen LogP contribution in [0.3, 0.4) is 0 Å². The second kappa shape index (κ2) is 9.82. The van der Waals surface area contributed by atoms with Crippen LogP contribution in [0.1, 0.15) is 5.56 Å². The average Bonchev–Trinajstić information content (AvgIpc) is 3.65. The third-order valence-electron chi connectivity index (χ3n) is 7.17. The van der Waals surface area contributed by atoms with Crippen molar-refractivity contribution in [3.8, 4) is 39.8 Å². The maximum atomic E-state index is 6.64. The van der Waals surface area contributed by atoms with E-state index in [1.807, 2.05) is 91.0 Å². The minimum atomic E-state index is 0.419. The molecule has 0 aliphatic heterocycles. The van der Waals surface area contributed by atoms with Crippen LogP contribution in [-0.4, -0.2) is 23.6 Å². The standard InChI is InChI=1S/C34H26N2O4/c1-37-24-16-14-23(15-17-24)32-25-19-31(39-21-22-9-4-3-5-10-22)30(38-2)20-29(25)40-34(32)33-28-13-8-18-36(28)27-12-7-6-11-26(27)35-33/h3-20H,21H2,1-2H3. The van der Waals surface area contributed by atoms with E-state index in [1.165, 1.54) is 0 Å². The van der Waals surface area contributed by atoms with E-state index in [0.717, 1.165) is 50.1 Å². The van der Waals surface area contributed by atoms with E-state index < -0.39 is 0 Å². The first-order valence-corrected chi connectivity index (χ1v) is 13.1. The lowest BCUT2D eigenvalue weighted by molar-refractivity contribution is 0.285. The number of hydrogen-bond acceptors (Lipinski definition) is 5. The molecule has 40 heavy (non-hydrogen) atoms. The molecule has 0 radical (unpaired) electrons. The molecule has 196 valence electrons. The van der Waals surface area contributed by atoms with Gasteiger partial charge in [-0.05, 0) is 53.6 Å². The molecule has 3 aromatic heterocycles. The summed E-state index contributed by atoms with van der Waals surface area (Å²) in [5, 5.41) is 0.906. The van der Waals surface area contributed by atoms with Gasteiger partial charge in [-0.1, -0.05) is 54.6 Å². The molecule has 7 rings (SSSR count). The average molecular weight is 527 g/mol. The fourth-order valence-corrected chi connectivity index (χ4v) is 5.21. The Hall–Kier alpha value is -5.23. The van der Waals surface area contributed by atoms with Crippen LogP contribution < -0.4 is 14.2 Å². The van der Waals surface area contributed by atoms with E-state index in [4.69, 9.17) is 23.6 Å². The fraction of sp³-hybridized carbons (Fsp3) is 0.0882. The summed E-state index contributed by atoms with van der Waals surface area (Å²) in [6.07, 6.45) is 2.05. The van der Waals surface area contributed by atoms with Crippen molar-refractivity contribution in [3.05, 3.63) is 115 Å². The van der Waals surface area contributed by atoms with Gasteiger partial charge in [0.15, 0.2) is 17.3 Å². The van der Waals surface area contributed by atoms with Crippen molar-refractivity contribution >= 4 is 27.5 Å². The van der Waals surface area contributed by atoms with Crippen molar-refractivity contribution in [2.24, 2.45) is 0 Å². The second-order valence-electron chi connectivity index (χ2n) is 9.52. The second-order valence-corrected chi connectivity index (χ2v) is 9.52. The Labute approximate surface area is 231 Å². The van der Waals surface area contributed by atoms with Crippen molar-refractivity contribution in [3.63, 3.8) is 0 Å². The third-order valence-corrected chi connectivity index (χ3v) is 7.17. The summed E-state index contributed by atoms with van der Waals surface area (Å²) in [6.45, 7) is 0.419. The summed E-state index contributed by atoms with van der Waals surface area (Å²) >= 11 is 0. The summed E-state index contributed by atoms with van der Waals surface area (Å²) in [7, 11) is 3.30. The van der Waals surface area contributed by atoms with Gasteiger partial charge in [-0.2, -0.15) is 0 Å². The first-order chi connectivity index (χ1) is 19.7. The van der Waals surface area contributed by atoms with Crippen LogP contribution in [0.25, 0.3) is 50.1 Å². The molecule has 3 heterocycles. The molecule has 0 fully saturated rings. The fourth-order valence-electron chi connectivity index (χ4n) is 5.21. The zero-order valence-electron chi connectivity index (χ0n) is 22.1. The Bertz CT molecular complexity index is 1970. The van der Waals surface area contributed by atoms with E-state index in [0.29, 0.717) is 29.4 Å². The molecule has 0 aliphatic carbocycles. The molecule has 0 saturated heterocycles. The lowest BCUT2D eigenvalue weighted by Crippen LogP contribution is -1.97. The summed E-state index contributed by atoms with van der Waals surface area (Å²) in [5.41, 5.74) is 7.30. The van der Waals surface area contributed by atoms with Gasteiger partial charge < -0.3 is 23.0 Å². The highest BCUT2D eigenvalue weighted by Gasteiger charge is 2.24. The van der Waals surface area contributed by atoms with Gasteiger partial charge in [-0.15, -0.1) is 0 Å². The highest BCUT2D eigenvalue weighted by Crippen LogP contribution is 2.46. The predicted molar refractivity (Wildman–Crippen MR) is 157 cm³/mol. The van der Waals surface area contributed by atoms with Crippen molar-refractivity contribution in [1.29, 1.82) is 0 Å². The van der Waals surface area contributed by atoms with E-state index in [1.54, 1.807) is 14.2 Å². The lowest BCUT2D eigenvalue weighted by Gasteiger charge is -2.11. The van der Waals surface area contributed by atoms with Gasteiger partial charge in [-0.3, -0.25) is 0 Å². The molecule has 0 spiro atoms. The summed E-state index contributed by atoms with van der Waals surface area (Å²) in [6, 6.07) is 34.2. The van der Waals surface area contributed by atoms with Crippen molar-refractivity contribution in [2.45, 2.75) is 6.61 Å². The highest BCUT2D eigenvalue weighted by molar-refractivity contribution is 6.05. The Kier molecular flexibility index (Phi) is 5.86. The van der Waals surface area contributed by atoms with Gasteiger partial charge in [0, 0.05) is 23.2 Å². The van der Waals surface area contributed by atoms with Crippen LogP contribution in [-0.2, 0) is 6.61 Å². The van der Waals surface area contributed by atoms with Crippen LogP contribution in [0.5, 0.6) is 17.2 Å². The van der Waals surface area contributed by atoms with Gasteiger partial charge in [0.1, 0.15) is 23.6 Å². The predicted octanol–water partition coefficient (Wildman–Crippen LogP) is 8.16. The monoisotopic (exact) mass is 526 g/mol. The molecule has 4 aromatic carbocycles. The van der Waals surface area contributed by atoms with Gasteiger partial charge in [0.2, 0.25) is 0 Å². The largest absolute Gasteiger partial charge is 0.497 e. The minimum Gasteiger partial charge on any atom is -0.497 e. The van der Waals surface area contributed by atoms with Crippen LogP contribution in [0.2, 0.25) is 0 Å². The topological polar surface area (TPSA) is 58.1 Å². The van der Waals surface area contributed by atoms with Crippen molar-refractivity contribution in [2.75, 3.05) is 14.2 Å². The minimum absolute atomic E-state index is 0.419. The molecule has 0 bridgehead atoms. The number of rotatable bonds is 7. The van der Waals surface area contributed by atoms with E-state index in [-0.39, 0.29) is 0 Å². The number of fused-ring (bicyclic) bond motifs is 4. The highest BCUT2D eigenvalue weighted by atomic mass is 16.5. The Morgan fingerprint density at radius 1 is 0.750 bits per heavy atom. The summed E-state index contributed by atoms with van der Waals surface area (Å²) < 4.78 is 26.2. The summed E-state index contributed by atoms with van der Waals surface area (Å²) in [5.74, 6) is 2.70. The van der Waals surface area contributed by atoms with Gasteiger partial charge in [0.25, 0.3) is 0 Å². The van der Waals surface area contributed by atoms with Crippen molar-refractivity contribution in [1.82, 2.24) is 9.38 Å². The molecule has 7 aromatic rings. The number of methoxy groups -OCH3 is 2. The number of furan rings is 1. The third kappa shape index (κ3) is 4.01. The molecule has 6 heteroatoms. The lowest BCUT2D eigenvalue weighted by atomic mass is 9.99. The summed E-state index contributed by atoms with van der Waals surface area (Å²) in [4.78, 5) is 5.10. The zero-order valence-corrected chi connectivity index (χ0v) is 22.1. The van der Waals surface area contributed by atoms with Crippen LogP contribution in [0.15, 0.2) is 114 Å². The Balaban J connectivity index is 1.47. The Morgan fingerprint density at radius 3 is 2.33 bits per heavy atom. The molecule has 0 saturated carbocycles. The maximum absolute atomic E-state index is 6.64. The van der Waals surface area contributed by atoms with Crippen LogP contribution >= 0.6 is 0 Å². The number of aromatic nitrogens is 2. The van der Waals surface area contributed by atoms with Crippen LogP contribution in [0, 0.1) is 0 Å². The Morgan fingerprint density at radius 2 is 1.52 bits per heavy atom. The number of nitrogens with zero attached hydrogens (tertiary/aromatic N) is 2. The first-order valence-electron chi connectivity index (χ1n) is 13.1. The van der Waals surface area contributed by atoms with Gasteiger partial charge >= 0.3 is 0 Å². The maximum Gasteiger partial charge on any atom is 0.164 e. The molecule has 0 atom stereocenters. The molecule has 6 nitrogen and oxygen atoms in total. The van der Waals surface area contributed by atoms with Gasteiger partial charge in [0.05, 0.1) is 30.8 Å². The smallest absolute Gasteiger partial charge is 0.164 e. The van der Waals surface area contributed by atoms with Crippen molar-refractivity contribution < 1.29 is 18.6 Å². The molecular formula is C34H26N2O4. The first kappa shape index (κ1) is 23.9. The number of ether oxygens (including phenoxy) is 3. The molecule has 0 unspecified atom stereocenters. The number of hydrogen-bond donors (Lipinski definition) is 0. The van der Waals surface area contributed by atoms with E-state index >= 15 is 0 Å². The quantitative estimate of drug-likeness (QED) is 0.210. The van der Waals surface area contributed by atoms with Crippen LogP contribution in [0.4, 0.5) is 0 Å². The van der Waals surface area contributed by atoms with E-state index in [9.17, 15) is 0 Å². The number of para-hydroxylation sites is 2. The number of benzene rings is 4. The van der Waals surface area contributed by atoms with E-state index in [2.05, 4.69) is 22.7 Å². The molecular weight excluding hydrogens is 500 g/mol.